The van der Waals surface area contributed by atoms with E-state index in [0.717, 1.165) is 48.6 Å². The Labute approximate surface area is 224 Å². The Morgan fingerprint density at radius 1 is 1.25 bits per heavy atom. The molecule has 36 heavy (non-hydrogen) atoms. The van der Waals surface area contributed by atoms with E-state index in [1.165, 1.54) is 0 Å². The van der Waals surface area contributed by atoms with Crippen molar-refractivity contribution in [1.29, 1.82) is 0 Å². The van der Waals surface area contributed by atoms with Gasteiger partial charge in [0.05, 0.1) is 29.6 Å². The Morgan fingerprint density at radius 3 is 2.75 bits per heavy atom. The van der Waals surface area contributed by atoms with E-state index in [9.17, 15) is 18.1 Å². The Morgan fingerprint density at radius 2 is 2.06 bits per heavy atom. The predicted octanol–water partition coefficient (Wildman–Crippen LogP) is 5.37. The number of hydrogen-bond acceptors (Lipinski definition) is 7. The minimum Gasteiger partial charge on any atom is -0.497 e. The molecule has 0 unspecified atom stereocenters. The van der Waals surface area contributed by atoms with Crippen molar-refractivity contribution >= 4 is 66.8 Å². The van der Waals surface area contributed by atoms with Crippen molar-refractivity contribution in [1.82, 2.24) is 0 Å². The number of rotatable bonds is 10. The molecule has 3 aromatic rings. The summed E-state index contributed by atoms with van der Waals surface area (Å²) >= 11 is 9.51. The van der Waals surface area contributed by atoms with E-state index in [2.05, 4.69) is 28.5 Å². The van der Waals surface area contributed by atoms with Crippen molar-refractivity contribution in [3.8, 4) is 5.75 Å². The first-order chi connectivity index (χ1) is 17.2. The van der Waals surface area contributed by atoms with Gasteiger partial charge in [-0.15, -0.1) is 0 Å². The molecule has 2 N–H and O–H groups in total. The number of thiazole rings is 1. The van der Waals surface area contributed by atoms with Crippen molar-refractivity contribution in [2.75, 3.05) is 30.9 Å². The van der Waals surface area contributed by atoms with Crippen LogP contribution < -0.4 is 14.2 Å². The zero-order valence-electron chi connectivity index (χ0n) is 20.0. The van der Waals surface area contributed by atoms with E-state index in [1.807, 2.05) is 36.4 Å². The maximum atomic E-state index is 11.3. The number of allylic oxidation sites excluding steroid dienone is 2. The number of benzene rings is 2. The van der Waals surface area contributed by atoms with Gasteiger partial charge in [-0.2, -0.15) is 13.0 Å². The van der Waals surface area contributed by atoms with Crippen LogP contribution in [0.25, 0.3) is 16.3 Å². The summed E-state index contributed by atoms with van der Waals surface area (Å²) in [6.07, 6.45) is 5.30. The summed E-state index contributed by atoms with van der Waals surface area (Å²) in [6.45, 7) is 3.00. The topological polar surface area (TPSA) is 91.0 Å². The molecule has 0 amide bonds. The maximum absolute atomic E-state index is 11.3. The van der Waals surface area contributed by atoms with E-state index >= 15 is 0 Å². The van der Waals surface area contributed by atoms with Gasteiger partial charge in [0, 0.05) is 22.5 Å². The van der Waals surface area contributed by atoms with E-state index in [0.29, 0.717) is 18.1 Å². The first-order valence-electron chi connectivity index (χ1n) is 11.5. The van der Waals surface area contributed by atoms with Crippen LogP contribution in [0.1, 0.15) is 24.8 Å². The number of hydrogen-bond donors (Lipinski definition) is 2. The maximum Gasteiger partial charge on any atom is 0.264 e. The molecule has 7 nitrogen and oxygen atoms in total. The number of halogens is 1. The summed E-state index contributed by atoms with van der Waals surface area (Å²) < 4.78 is 40.3. The Bertz CT molecular complexity index is 1430. The van der Waals surface area contributed by atoms with Gasteiger partial charge >= 0.3 is 0 Å². The molecule has 2 heterocycles. The number of aliphatic hydroxyl groups is 1. The highest BCUT2D eigenvalue weighted by Crippen LogP contribution is 2.47. The fourth-order valence-corrected chi connectivity index (χ4v) is 6.98. The molecule has 1 aromatic heterocycles. The van der Waals surface area contributed by atoms with Gasteiger partial charge in [0.2, 0.25) is 5.52 Å². The van der Waals surface area contributed by atoms with Crippen molar-refractivity contribution in [2.45, 2.75) is 31.2 Å². The van der Waals surface area contributed by atoms with Crippen LogP contribution in [-0.4, -0.2) is 44.1 Å². The van der Waals surface area contributed by atoms with Crippen LogP contribution in [0.5, 0.6) is 5.75 Å². The molecule has 2 aromatic carbocycles. The van der Waals surface area contributed by atoms with Crippen LogP contribution >= 0.6 is 34.7 Å². The first-order valence-corrected chi connectivity index (χ1v) is 15.1. The van der Waals surface area contributed by atoms with Crippen LogP contribution in [0, 0.1) is 0 Å². The molecule has 0 atom stereocenters. The molecular weight excluding hydrogens is 540 g/mol. The highest BCUT2D eigenvalue weighted by Gasteiger charge is 2.26. The van der Waals surface area contributed by atoms with Crippen LogP contribution in [0.2, 0.25) is 5.02 Å². The summed E-state index contributed by atoms with van der Waals surface area (Å²) in [4.78, 5) is 3.09. The summed E-state index contributed by atoms with van der Waals surface area (Å²) in [5.41, 5.74) is 3.02. The molecule has 1 aliphatic rings. The number of methoxy groups -OCH3 is 1. The molecule has 1 aliphatic heterocycles. The van der Waals surface area contributed by atoms with Gasteiger partial charge in [-0.3, -0.25) is 4.55 Å². The highest BCUT2D eigenvalue weighted by atomic mass is 35.5. The van der Waals surface area contributed by atoms with Gasteiger partial charge in [0.25, 0.3) is 15.1 Å². The second kappa shape index (κ2) is 11.5. The Balaban J connectivity index is 1.72. The number of fused-ring (bicyclic) bond motifs is 2. The van der Waals surface area contributed by atoms with Gasteiger partial charge < -0.3 is 14.7 Å². The lowest BCUT2D eigenvalue weighted by atomic mass is 10.2. The third-order valence-electron chi connectivity index (χ3n) is 5.76. The third kappa shape index (κ3) is 6.24. The van der Waals surface area contributed by atoms with Crippen molar-refractivity contribution in [2.24, 2.45) is 0 Å². The zero-order valence-corrected chi connectivity index (χ0v) is 23.2. The number of aliphatic hydroxyl groups excluding tert-OH is 1. The largest absolute Gasteiger partial charge is 0.497 e. The van der Waals surface area contributed by atoms with Gasteiger partial charge in [-0.1, -0.05) is 41.6 Å². The van der Waals surface area contributed by atoms with Crippen LogP contribution in [0.3, 0.4) is 0 Å². The number of nitrogens with zero attached hydrogens (tertiary/aromatic N) is 2. The van der Waals surface area contributed by atoms with Crippen molar-refractivity contribution in [3.63, 3.8) is 0 Å². The molecule has 0 saturated carbocycles. The lowest BCUT2D eigenvalue weighted by Gasteiger charge is -2.20. The molecule has 4 rings (SSSR count). The first kappa shape index (κ1) is 27.0. The average Bonchev–Trinajstić information content (AvgIpc) is 3.35. The quantitative estimate of drug-likeness (QED) is 0.251. The van der Waals surface area contributed by atoms with Gasteiger partial charge in [-0.05, 0) is 54.8 Å². The molecular formula is C25H28ClN2O5S3+. The molecule has 0 radical (unpaired) electrons. The summed E-state index contributed by atoms with van der Waals surface area (Å²) in [6, 6.07) is 11.6. The molecule has 0 fully saturated rings. The Hall–Kier alpha value is -2.08. The smallest absolute Gasteiger partial charge is 0.264 e. The average molecular weight is 568 g/mol. The van der Waals surface area contributed by atoms with Crippen LogP contribution in [0.4, 0.5) is 5.69 Å². The van der Waals surface area contributed by atoms with Gasteiger partial charge in [0.15, 0.2) is 6.54 Å². The minimum atomic E-state index is -4.04. The summed E-state index contributed by atoms with van der Waals surface area (Å²) in [5, 5.41) is 12.3. The molecule has 0 aliphatic carbocycles. The standard InChI is InChI=1S/C25H27ClN2O5S3/c1-3-17(14-25-28(10-11-29)21-16-19(33-2)6-8-23(21)35-25)13-24-27(9-4-12-36(30,31)32)20-15-18(26)5-7-22(20)34-24/h5-8,13-16,29H,3-4,9-12H2,1-2H3/p+1. The third-order valence-corrected chi connectivity index (χ3v) is 9.03. The number of aromatic nitrogens is 1. The molecule has 0 spiro atoms. The minimum absolute atomic E-state index is 0.0184. The second-order valence-electron chi connectivity index (χ2n) is 8.21. The molecule has 0 saturated heterocycles. The van der Waals surface area contributed by atoms with E-state index in [1.54, 1.807) is 30.2 Å². The fourth-order valence-electron chi connectivity index (χ4n) is 4.03. The lowest BCUT2D eigenvalue weighted by Crippen LogP contribution is -2.36. The van der Waals surface area contributed by atoms with Crippen molar-refractivity contribution in [3.05, 3.63) is 63.1 Å². The highest BCUT2D eigenvalue weighted by molar-refractivity contribution is 8.03. The second-order valence-corrected chi connectivity index (χ2v) is 12.3. The summed E-state index contributed by atoms with van der Waals surface area (Å²) in [7, 11) is -2.40. The zero-order chi connectivity index (χ0) is 25.9. The van der Waals surface area contributed by atoms with Crippen LogP contribution in [0.15, 0.2) is 58.0 Å². The van der Waals surface area contributed by atoms with Crippen molar-refractivity contribution < 1.29 is 27.4 Å². The predicted molar refractivity (Wildman–Crippen MR) is 148 cm³/mol. The SMILES string of the molecule is CCC(=C/c1sc2ccc(OC)cc2[n+]1CCO)/C=C1/Sc2ccc(Cl)cc2N1CCCS(=O)(=O)O. The molecule has 192 valence electrons. The number of ether oxygens (including phenoxy) is 1. The number of anilines is 1. The number of thioether (sulfide) groups is 1. The normalized spacial score (nSPS) is 15.2. The van der Waals surface area contributed by atoms with E-state index in [-0.39, 0.29) is 18.8 Å². The molecule has 11 heteroatoms. The van der Waals surface area contributed by atoms with Gasteiger partial charge in [0.1, 0.15) is 17.1 Å². The van der Waals surface area contributed by atoms with E-state index < -0.39 is 10.1 Å². The monoisotopic (exact) mass is 567 g/mol. The van der Waals surface area contributed by atoms with Crippen LogP contribution in [-0.2, 0) is 16.7 Å². The van der Waals surface area contributed by atoms with Gasteiger partial charge in [-0.25, -0.2) is 0 Å². The fraction of sp³-hybridized carbons (Fsp3) is 0.320. The molecule has 0 bridgehead atoms. The summed E-state index contributed by atoms with van der Waals surface area (Å²) in [5.74, 6) is 0.458. The lowest BCUT2D eigenvalue weighted by molar-refractivity contribution is -0.670. The Kier molecular flexibility index (Phi) is 8.64. The van der Waals surface area contributed by atoms with E-state index in [4.69, 9.17) is 16.3 Å².